The van der Waals surface area contributed by atoms with Crippen molar-refractivity contribution in [2.75, 3.05) is 13.7 Å². The molecule has 108 valence electrons. The molecule has 0 saturated carbocycles. The summed E-state index contributed by atoms with van der Waals surface area (Å²) in [6.45, 7) is 6.34. The Morgan fingerprint density at radius 2 is 2.15 bits per heavy atom. The molecule has 0 amide bonds. The van der Waals surface area contributed by atoms with Crippen molar-refractivity contribution < 1.29 is 14.6 Å². The van der Waals surface area contributed by atoms with Crippen LogP contribution in [-0.4, -0.2) is 35.2 Å². The monoisotopic (exact) mass is 276 g/mol. The van der Waals surface area contributed by atoms with Gasteiger partial charge in [0.05, 0.1) is 12.7 Å². The average Bonchev–Trinajstić information content (AvgIpc) is 2.43. The summed E-state index contributed by atoms with van der Waals surface area (Å²) in [7, 11) is 1.52. The lowest BCUT2D eigenvalue weighted by atomic mass is 10.0. The first-order chi connectivity index (χ1) is 9.36. The van der Waals surface area contributed by atoms with Crippen molar-refractivity contribution in [3.8, 4) is 11.8 Å². The molecule has 0 aliphatic rings. The van der Waals surface area contributed by atoms with E-state index in [9.17, 15) is 9.90 Å². The minimum absolute atomic E-state index is 0.453. The molecule has 0 heterocycles. The Morgan fingerprint density at radius 1 is 1.50 bits per heavy atom. The first-order valence-electron chi connectivity index (χ1n) is 6.42. The smallest absolute Gasteiger partial charge is 0.323 e. The molecule has 0 unspecified atom stereocenters. The predicted octanol–water partition coefficient (Wildman–Crippen LogP) is 2.25. The standard InChI is InChI=1S/C15H20N2O3/c1-5-17(15(2,3)14(18)19)10-11-6-7-13(20-4)12(8-11)9-16/h6-8H,5,10H2,1-4H3,(H,18,19). The summed E-state index contributed by atoms with van der Waals surface area (Å²) in [5.74, 6) is -0.342. The molecule has 0 bridgehead atoms. The van der Waals surface area contributed by atoms with Crippen molar-refractivity contribution in [2.24, 2.45) is 0 Å². The quantitative estimate of drug-likeness (QED) is 0.862. The minimum atomic E-state index is -0.957. The lowest BCUT2D eigenvalue weighted by Crippen LogP contribution is -2.49. The van der Waals surface area contributed by atoms with Crippen LogP contribution in [0.2, 0.25) is 0 Å². The zero-order valence-corrected chi connectivity index (χ0v) is 12.3. The third-order valence-corrected chi connectivity index (χ3v) is 3.45. The molecule has 0 aliphatic carbocycles. The zero-order chi connectivity index (χ0) is 15.3. The number of carboxylic acid groups (broad SMARTS) is 1. The second kappa shape index (κ2) is 6.40. The highest BCUT2D eigenvalue weighted by Crippen LogP contribution is 2.22. The summed E-state index contributed by atoms with van der Waals surface area (Å²) < 4.78 is 5.10. The Morgan fingerprint density at radius 3 is 2.60 bits per heavy atom. The van der Waals surface area contributed by atoms with Gasteiger partial charge >= 0.3 is 5.97 Å². The van der Waals surface area contributed by atoms with E-state index in [-0.39, 0.29) is 0 Å². The van der Waals surface area contributed by atoms with Gasteiger partial charge in [-0.2, -0.15) is 5.26 Å². The lowest BCUT2D eigenvalue weighted by molar-refractivity contribution is -0.149. The van der Waals surface area contributed by atoms with Crippen molar-refractivity contribution in [2.45, 2.75) is 32.9 Å². The van der Waals surface area contributed by atoms with Gasteiger partial charge in [-0.15, -0.1) is 0 Å². The highest BCUT2D eigenvalue weighted by atomic mass is 16.5. The molecule has 0 saturated heterocycles. The first-order valence-corrected chi connectivity index (χ1v) is 6.42. The van der Waals surface area contributed by atoms with E-state index in [0.29, 0.717) is 24.4 Å². The predicted molar refractivity (Wildman–Crippen MR) is 75.5 cm³/mol. The highest BCUT2D eigenvalue weighted by molar-refractivity contribution is 5.77. The fraction of sp³-hybridized carbons (Fsp3) is 0.467. The zero-order valence-electron chi connectivity index (χ0n) is 12.3. The molecule has 5 nitrogen and oxygen atoms in total. The fourth-order valence-electron chi connectivity index (χ4n) is 2.00. The van der Waals surface area contributed by atoms with Crippen LogP contribution in [0.4, 0.5) is 0 Å². The van der Waals surface area contributed by atoms with Gasteiger partial charge in [-0.05, 0) is 38.1 Å². The van der Waals surface area contributed by atoms with Gasteiger partial charge in [0.15, 0.2) is 0 Å². The molecule has 5 heteroatoms. The number of benzene rings is 1. The van der Waals surface area contributed by atoms with E-state index in [4.69, 9.17) is 10.00 Å². The van der Waals surface area contributed by atoms with Gasteiger partial charge in [-0.3, -0.25) is 9.69 Å². The number of carbonyl (C=O) groups is 1. The van der Waals surface area contributed by atoms with Crippen LogP contribution in [0.3, 0.4) is 0 Å². The largest absolute Gasteiger partial charge is 0.495 e. The van der Waals surface area contributed by atoms with E-state index in [1.54, 1.807) is 26.0 Å². The van der Waals surface area contributed by atoms with Crippen molar-refractivity contribution in [3.05, 3.63) is 29.3 Å². The molecule has 0 atom stereocenters. The van der Waals surface area contributed by atoms with Crippen LogP contribution >= 0.6 is 0 Å². The van der Waals surface area contributed by atoms with Crippen molar-refractivity contribution in [1.82, 2.24) is 4.90 Å². The number of rotatable bonds is 6. The second-order valence-electron chi connectivity index (χ2n) is 5.02. The number of ether oxygens (including phenoxy) is 1. The summed E-state index contributed by atoms with van der Waals surface area (Å²) >= 11 is 0. The maximum absolute atomic E-state index is 11.3. The van der Waals surface area contributed by atoms with Gasteiger partial charge in [-0.25, -0.2) is 0 Å². The number of nitriles is 1. The Kier molecular flexibility index (Phi) is 5.12. The molecule has 1 aromatic carbocycles. The number of hydrogen-bond acceptors (Lipinski definition) is 4. The van der Waals surface area contributed by atoms with Gasteiger partial charge < -0.3 is 9.84 Å². The van der Waals surface area contributed by atoms with E-state index >= 15 is 0 Å². The summed E-state index contributed by atoms with van der Waals surface area (Å²) in [5, 5.41) is 18.4. The molecule has 1 rings (SSSR count). The van der Waals surface area contributed by atoms with Crippen LogP contribution < -0.4 is 4.74 Å². The maximum atomic E-state index is 11.3. The Labute approximate surface area is 119 Å². The Hall–Kier alpha value is -2.06. The second-order valence-corrected chi connectivity index (χ2v) is 5.02. The van der Waals surface area contributed by atoms with Crippen molar-refractivity contribution >= 4 is 5.97 Å². The maximum Gasteiger partial charge on any atom is 0.323 e. The molecular formula is C15H20N2O3. The van der Waals surface area contributed by atoms with Gasteiger partial charge in [-0.1, -0.05) is 13.0 Å². The van der Waals surface area contributed by atoms with Crippen LogP contribution in [0, 0.1) is 11.3 Å². The highest BCUT2D eigenvalue weighted by Gasteiger charge is 2.33. The Balaban J connectivity index is 3.03. The van der Waals surface area contributed by atoms with E-state index in [0.717, 1.165) is 5.56 Å². The molecule has 20 heavy (non-hydrogen) atoms. The van der Waals surface area contributed by atoms with Crippen molar-refractivity contribution in [1.29, 1.82) is 5.26 Å². The van der Waals surface area contributed by atoms with Gasteiger partial charge in [0.1, 0.15) is 17.4 Å². The van der Waals surface area contributed by atoms with E-state index < -0.39 is 11.5 Å². The molecule has 0 aromatic heterocycles. The lowest BCUT2D eigenvalue weighted by Gasteiger charge is -2.34. The fourth-order valence-corrected chi connectivity index (χ4v) is 2.00. The molecule has 0 fully saturated rings. The normalized spacial score (nSPS) is 11.2. The molecule has 1 N–H and O–H groups in total. The van der Waals surface area contributed by atoms with Crippen LogP contribution in [-0.2, 0) is 11.3 Å². The average molecular weight is 276 g/mol. The molecule has 1 aromatic rings. The number of methoxy groups -OCH3 is 1. The van der Waals surface area contributed by atoms with Gasteiger partial charge in [0, 0.05) is 6.54 Å². The summed E-state index contributed by atoms with van der Waals surface area (Å²) in [6.07, 6.45) is 0. The summed E-state index contributed by atoms with van der Waals surface area (Å²) in [6, 6.07) is 7.39. The third-order valence-electron chi connectivity index (χ3n) is 3.45. The van der Waals surface area contributed by atoms with E-state index in [1.807, 2.05) is 17.9 Å². The SMILES string of the molecule is CCN(Cc1ccc(OC)c(C#N)c1)C(C)(C)C(=O)O. The Bertz CT molecular complexity index is 532. The van der Waals surface area contributed by atoms with Crippen LogP contribution in [0.1, 0.15) is 31.9 Å². The first kappa shape index (κ1) is 16.0. The van der Waals surface area contributed by atoms with Crippen LogP contribution in [0.5, 0.6) is 5.75 Å². The number of nitrogens with zero attached hydrogens (tertiary/aromatic N) is 2. The number of hydrogen-bond donors (Lipinski definition) is 1. The third kappa shape index (κ3) is 3.28. The number of likely N-dealkylation sites (N-methyl/N-ethyl adjacent to an activating group) is 1. The van der Waals surface area contributed by atoms with E-state index in [2.05, 4.69) is 6.07 Å². The van der Waals surface area contributed by atoms with E-state index in [1.165, 1.54) is 7.11 Å². The molecule has 0 aliphatic heterocycles. The molecule has 0 spiro atoms. The van der Waals surface area contributed by atoms with Crippen LogP contribution in [0.25, 0.3) is 0 Å². The molecular weight excluding hydrogens is 256 g/mol. The summed E-state index contributed by atoms with van der Waals surface area (Å²) in [4.78, 5) is 13.2. The minimum Gasteiger partial charge on any atom is -0.495 e. The van der Waals surface area contributed by atoms with Crippen LogP contribution in [0.15, 0.2) is 18.2 Å². The van der Waals surface area contributed by atoms with Gasteiger partial charge in [0.25, 0.3) is 0 Å². The topological polar surface area (TPSA) is 73.6 Å². The molecule has 0 radical (unpaired) electrons. The number of carboxylic acids is 1. The number of aliphatic carboxylic acids is 1. The van der Waals surface area contributed by atoms with Crippen molar-refractivity contribution in [3.63, 3.8) is 0 Å². The van der Waals surface area contributed by atoms with Gasteiger partial charge in [0.2, 0.25) is 0 Å². The summed E-state index contributed by atoms with van der Waals surface area (Å²) in [5.41, 5.74) is 0.384.